The zero-order valence-corrected chi connectivity index (χ0v) is 15.5. The molecule has 0 spiro atoms. The van der Waals surface area contributed by atoms with Gasteiger partial charge in [0.05, 0.1) is 5.69 Å². The van der Waals surface area contributed by atoms with Gasteiger partial charge in [-0.15, -0.1) is 0 Å². The van der Waals surface area contributed by atoms with Crippen LogP contribution in [0.4, 0.5) is 5.69 Å². The number of amides is 1. The number of hydrogen-bond acceptors (Lipinski definition) is 4. The van der Waals surface area contributed by atoms with Crippen molar-refractivity contribution in [1.82, 2.24) is 14.6 Å². The van der Waals surface area contributed by atoms with Crippen LogP contribution in [-0.2, 0) is 0 Å². The molecule has 6 nitrogen and oxygen atoms in total. The number of aryl methyl sites for hydroxylation is 1. The molecular weight excluding hydrogens is 352 g/mol. The number of rotatable bonds is 4. The minimum atomic E-state index is -0.332. The van der Waals surface area contributed by atoms with Crippen molar-refractivity contribution in [2.24, 2.45) is 0 Å². The molecule has 4 rings (SSSR count). The zero-order valence-electron chi connectivity index (χ0n) is 15.5. The van der Waals surface area contributed by atoms with Crippen molar-refractivity contribution >= 4 is 23.0 Å². The summed E-state index contributed by atoms with van der Waals surface area (Å²) in [4.78, 5) is 28.6. The highest BCUT2D eigenvalue weighted by Gasteiger charge is 2.14. The van der Waals surface area contributed by atoms with Crippen LogP contribution < -0.4 is 5.32 Å². The number of nitrogens with zero attached hydrogens (tertiary/aromatic N) is 3. The highest BCUT2D eigenvalue weighted by Crippen LogP contribution is 2.20. The Morgan fingerprint density at radius 1 is 0.964 bits per heavy atom. The van der Waals surface area contributed by atoms with E-state index >= 15 is 0 Å². The number of anilines is 1. The summed E-state index contributed by atoms with van der Waals surface area (Å²) < 4.78 is 1.65. The van der Waals surface area contributed by atoms with Crippen LogP contribution in [0.5, 0.6) is 0 Å². The number of aromatic nitrogens is 3. The fraction of sp³-hybridized carbons (Fsp3) is 0.0909. The van der Waals surface area contributed by atoms with Crippen molar-refractivity contribution in [2.45, 2.75) is 13.8 Å². The number of hydrogen-bond donors (Lipinski definition) is 1. The lowest BCUT2D eigenvalue weighted by Gasteiger charge is -2.04. The van der Waals surface area contributed by atoms with E-state index in [0.717, 1.165) is 17.0 Å². The maximum absolute atomic E-state index is 12.6. The minimum Gasteiger partial charge on any atom is -0.321 e. The molecule has 0 saturated heterocycles. The second kappa shape index (κ2) is 7.08. The van der Waals surface area contributed by atoms with Gasteiger partial charge in [-0.1, -0.05) is 30.3 Å². The van der Waals surface area contributed by atoms with E-state index in [-0.39, 0.29) is 17.4 Å². The van der Waals surface area contributed by atoms with Crippen molar-refractivity contribution in [2.75, 3.05) is 5.32 Å². The molecule has 0 unspecified atom stereocenters. The van der Waals surface area contributed by atoms with Gasteiger partial charge in [0.25, 0.3) is 5.91 Å². The van der Waals surface area contributed by atoms with Gasteiger partial charge in [-0.25, -0.2) is 9.50 Å². The van der Waals surface area contributed by atoms with E-state index in [2.05, 4.69) is 15.4 Å². The second-order valence-electron chi connectivity index (χ2n) is 6.54. The molecule has 2 aromatic carbocycles. The van der Waals surface area contributed by atoms with Crippen LogP contribution in [0.3, 0.4) is 0 Å². The molecule has 0 saturated carbocycles. The third-order valence-electron chi connectivity index (χ3n) is 4.46. The predicted octanol–water partition coefficient (Wildman–Crippen LogP) is 4.16. The number of carbonyl (C=O) groups is 2. The van der Waals surface area contributed by atoms with E-state index in [1.165, 1.54) is 6.92 Å². The van der Waals surface area contributed by atoms with Gasteiger partial charge in [0.1, 0.15) is 0 Å². The lowest BCUT2D eigenvalue weighted by molar-refractivity contribution is 0.101. The topological polar surface area (TPSA) is 76.4 Å². The van der Waals surface area contributed by atoms with Crippen molar-refractivity contribution in [3.63, 3.8) is 0 Å². The summed E-state index contributed by atoms with van der Waals surface area (Å²) >= 11 is 0. The highest BCUT2D eigenvalue weighted by atomic mass is 16.2. The van der Waals surface area contributed by atoms with E-state index in [9.17, 15) is 9.59 Å². The Morgan fingerprint density at radius 2 is 1.68 bits per heavy atom. The Kier molecular flexibility index (Phi) is 4.45. The standard InChI is InChI=1S/C22H18N4O2/c1-14-12-19(17-6-4-3-5-7-17)24-21-13-20(25-26(14)21)22(28)23-18-10-8-16(9-11-18)15(2)27/h3-13H,1-2H3,(H,23,28). The summed E-state index contributed by atoms with van der Waals surface area (Å²) in [6.45, 7) is 3.43. The average molecular weight is 370 g/mol. The molecule has 138 valence electrons. The first-order valence-electron chi connectivity index (χ1n) is 8.86. The molecule has 0 fully saturated rings. The maximum atomic E-state index is 12.6. The number of Topliss-reactive ketones (excluding diaryl/α,β-unsaturated/α-hetero) is 1. The molecule has 4 aromatic rings. The van der Waals surface area contributed by atoms with Gasteiger partial charge in [-0.3, -0.25) is 9.59 Å². The Hall–Kier alpha value is -3.80. The molecule has 1 N–H and O–H groups in total. The van der Waals surface area contributed by atoms with Crippen molar-refractivity contribution in [3.05, 3.63) is 83.7 Å². The Bertz CT molecular complexity index is 1180. The molecule has 2 heterocycles. The molecule has 0 aliphatic rings. The van der Waals surface area contributed by atoms with Gasteiger partial charge in [0, 0.05) is 28.6 Å². The molecule has 0 aliphatic carbocycles. The number of benzene rings is 2. The maximum Gasteiger partial charge on any atom is 0.276 e. The lowest BCUT2D eigenvalue weighted by Crippen LogP contribution is -2.13. The van der Waals surface area contributed by atoms with Crippen molar-refractivity contribution < 1.29 is 9.59 Å². The summed E-state index contributed by atoms with van der Waals surface area (Å²) in [7, 11) is 0. The zero-order chi connectivity index (χ0) is 19.7. The van der Waals surface area contributed by atoms with Crippen LogP contribution in [0.25, 0.3) is 16.9 Å². The molecule has 2 aromatic heterocycles. The van der Waals surface area contributed by atoms with Crippen LogP contribution in [0, 0.1) is 6.92 Å². The first-order chi connectivity index (χ1) is 13.5. The van der Waals surface area contributed by atoms with E-state index in [0.29, 0.717) is 16.9 Å². The number of ketones is 1. The number of nitrogens with one attached hydrogen (secondary N) is 1. The Balaban J connectivity index is 1.63. The summed E-state index contributed by atoms with van der Waals surface area (Å²) in [6.07, 6.45) is 0. The Morgan fingerprint density at radius 3 is 2.36 bits per heavy atom. The van der Waals surface area contributed by atoms with Crippen LogP contribution in [0.1, 0.15) is 33.5 Å². The SMILES string of the molecule is CC(=O)c1ccc(NC(=O)c2cc3nc(-c4ccccc4)cc(C)n3n2)cc1. The first kappa shape index (κ1) is 17.6. The molecule has 28 heavy (non-hydrogen) atoms. The number of carbonyl (C=O) groups excluding carboxylic acids is 2. The van der Waals surface area contributed by atoms with E-state index in [1.54, 1.807) is 34.8 Å². The third kappa shape index (κ3) is 3.40. The average Bonchev–Trinajstić information content (AvgIpc) is 3.14. The Labute approximate surface area is 161 Å². The fourth-order valence-corrected chi connectivity index (χ4v) is 2.98. The van der Waals surface area contributed by atoms with E-state index in [4.69, 9.17) is 0 Å². The molecule has 1 amide bonds. The monoisotopic (exact) mass is 370 g/mol. The van der Waals surface area contributed by atoms with Gasteiger partial charge >= 0.3 is 0 Å². The minimum absolute atomic E-state index is 0.0194. The van der Waals surface area contributed by atoms with E-state index < -0.39 is 0 Å². The molecular formula is C22H18N4O2. The summed E-state index contributed by atoms with van der Waals surface area (Å²) in [6, 6.07) is 20.2. The smallest absolute Gasteiger partial charge is 0.276 e. The van der Waals surface area contributed by atoms with Gasteiger partial charge in [0.15, 0.2) is 17.1 Å². The predicted molar refractivity (Wildman–Crippen MR) is 108 cm³/mol. The van der Waals surface area contributed by atoms with Crippen molar-refractivity contribution in [1.29, 1.82) is 0 Å². The molecule has 0 atom stereocenters. The van der Waals surface area contributed by atoms with E-state index in [1.807, 2.05) is 43.3 Å². The summed E-state index contributed by atoms with van der Waals surface area (Å²) in [5.74, 6) is -0.351. The largest absolute Gasteiger partial charge is 0.321 e. The van der Waals surface area contributed by atoms with Gasteiger partial charge in [0.2, 0.25) is 0 Å². The second-order valence-corrected chi connectivity index (χ2v) is 6.54. The molecule has 6 heteroatoms. The normalized spacial score (nSPS) is 10.8. The fourth-order valence-electron chi connectivity index (χ4n) is 2.98. The molecule has 0 radical (unpaired) electrons. The van der Waals surface area contributed by atoms with Crippen LogP contribution in [-0.4, -0.2) is 26.3 Å². The van der Waals surface area contributed by atoms with Crippen LogP contribution in [0.2, 0.25) is 0 Å². The van der Waals surface area contributed by atoms with Crippen LogP contribution in [0.15, 0.2) is 66.7 Å². The molecule has 0 aliphatic heterocycles. The summed E-state index contributed by atoms with van der Waals surface area (Å²) in [5, 5.41) is 7.17. The summed E-state index contributed by atoms with van der Waals surface area (Å²) in [5.41, 5.74) is 4.80. The quantitative estimate of drug-likeness (QED) is 0.547. The lowest BCUT2D eigenvalue weighted by atomic mass is 10.1. The van der Waals surface area contributed by atoms with Gasteiger partial charge in [-0.2, -0.15) is 5.10 Å². The highest BCUT2D eigenvalue weighted by molar-refractivity contribution is 6.04. The van der Waals surface area contributed by atoms with Gasteiger partial charge < -0.3 is 5.32 Å². The van der Waals surface area contributed by atoms with Crippen molar-refractivity contribution in [3.8, 4) is 11.3 Å². The van der Waals surface area contributed by atoms with Crippen LogP contribution >= 0.6 is 0 Å². The number of fused-ring (bicyclic) bond motifs is 1. The first-order valence-corrected chi connectivity index (χ1v) is 8.86. The van der Waals surface area contributed by atoms with Gasteiger partial charge in [-0.05, 0) is 44.2 Å². The molecule has 0 bridgehead atoms. The third-order valence-corrected chi connectivity index (χ3v) is 4.46.